The van der Waals surface area contributed by atoms with Crippen LogP contribution in [0.25, 0.3) is 0 Å². The predicted octanol–water partition coefficient (Wildman–Crippen LogP) is 4.69. The number of thioether (sulfide) groups is 1. The number of benzene rings is 3. The van der Waals surface area contributed by atoms with Crippen molar-refractivity contribution >= 4 is 29.3 Å². The van der Waals surface area contributed by atoms with Gasteiger partial charge in [0, 0.05) is 35.1 Å². The fraction of sp³-hybridized carbons (Fsp3) is 0.167. The Labute approximate surface area is 186 Å². The highest BCUT2D eigenvalue weighted by Crippen LogP contribution is 2.54. The van der Waals surface area contributed by atoms with Crippen molar-refractivity contribution in [3.05, 3.63) is 101 Å². The summed E-state index contributed by atoms with van der Waals surface area (Å²) >= 11 is 1.34. The van der Waals surface area contributed by atoms with E-state index in [-0.39, 0.29) is 29.5 Å². The molecular weight excluding hydrogens is 437 g/mol. The van der Waals surface area contributed by atoms with Crippen LogP contribution in [0.2, 0.25) is 0 Å². The maximum Gasteiger partial charge on any atom is 0.268 e. The first-order valence-corrected chi connectivity index (χ1v) is 11.0. The standard InChI is InChI=1S/C24H17F3N2O2S/c25-17-8-5-15(6-9-17)22(30)29-11-12-32-24(29)19-3-1-2-4-21(19)28(23(24)31)14-16-7-10-18(26)13-20(16)27/h1-10,13H,11-12,14H2/t24-/m0/s1. The van der Waals surface area contributed by atoms with Crippen LogP contribution in [-0.4, -0.2) is 29.0 Å². The molecule has 162 valence electrons. The Morgan fingerprint density at radius 3 is 2.44 bits per heavy atom. The number of rotatable bonds is 3. The Morgan fingerprint density at radius 2 is 1.69 bits per heavy atom. The van der Waals surface area contributed by atoms with Crippen LogP contribution in [-0.2, 0) is 16.2 Å². The summed E-state index contributed by atoms with van der Waals surface area (Å²) in [5.74, 6) is -2.10. The largest absolute Gasteiger partial charge is 0.311 e. The van der Waals surface area contributed by atoms with Gasteiger partial charge in [-0.15, -0.1) is 11.8 Å². The van der Waals surface area contributed by atoms with Crippen LogP contribution in [0.4, 0.5) is 18.9 Å². The Bertz CT molecular complexity index is 1230. The van der Waals surface area contributed by atoms with Gasteiger partial charge in [-0.2, -0.15) is 0 Å². The molecule has 3 aromatic carbocycles. The molecule has 8 heteroatoms. The molecule has 0 saturated carbocycles. The molecule has 3 aromatic rings. The number of hydrogen-bond donors (Lipinski definition) is 0. The second-order valence-corrected chi connectivity index (χ2v) is 8.89. The molecule has 0 unspecified atom stereocenters. The first kappa shape index (κ1) is 20.6. The minimum absolute atomic E-state index is 0.0944. The molecule has 2 heterocycles. The van der Waals surface area contributed by atoms with Crippen LogP contribution < -0.4 is 4.90 Å². The third-order valence-corrected chi connectivity index (χ3v) is 7.20. The molecule has 2 aliphatic heterocycles. The van der Waals surface area contributed by atoms with Gasteiger partial charge in [0.05, 0.1) is 12.2 Å². The van der Waals surface area contributed by atoms with Gasteiger partial charge in [-0.25, -0.2) is 13.2 Å². The lowest BCUT2D eigenvalue weighted by Gasteiger charge is -2.33. The average molecular weight is 454 g/mol. The van der Waals surface area contributed by atoms with Crippen molar-refractivity contribution in [2.24, 2.45) is 0 Å². The molecule has 0 N–H and O–H groups in total. The Hall–Kier alpha value is -3.26. The topological polar surface area (TPSA) is 40.6 Å². The second-order valence-electron chi connectivity index (χ2n) is 7.60. The first-order valence-electron chi connectivity index (χ1n) is 9.99. The maximum absolute atomic E-state index is 14.4. The number of nitrogens with zero attached hydrogens (tertiary/aromatic N) is 2. The SMILES string of the molecule is O=C(c1ccc(F)cc1)N1CCS[C@@]12C(=O)N(Cc1ccc(F)cc1F)c1ccccc12. The number of amides is 2. The number of para-hydroxylation sites is 1. The van der Waals surface area contributed by atoms with E-state index in [1.807, 2.05) is 0 Å². The van der Waals surface area contributed by atoms with E-state index in [2.05, 4.69) is 0 Å². The van der Waals surface area contributed by atoms with Crippen LogP contribution in [0, 0.1) is 17.5 Å². The quantitative estimate of drug-likeness (QED) is 0.577. The number of hydrogen-bond acceptors (Lipinski definition) is 3. The van der Waals surface area contributed by atoms with Crippen molar-refractivity contribution < 1.29 is 22.8 Å². The van der Waals surface area contributed by atoms with Crippen LogP contribution in [0.15, 0.2) is 66.7 Å². The number of anilines is 1. The third-order valence-electron chi connectivity index (χ3n) is 5.78. The Morgan fingerprint density at radius 1 is 0.969 bits per heavy atom. The molecular formula is C24H17F3N2O2S. The molecule has 5 rings (SSSR count). The fourth-order valence-electron chi connectivity index (χ4n) is 4.29. The van der Waals surface area contributed by atoms with Crippen LogP contribution >= 0.6 is 11.8 Å². The maximum atomic E-state index is 14.4. The molecule has 0 radical (unpaired) electrons. The van der Waals surface area contributed by atoms with Crippen LogP contribution in [0.3, 0.4) is 0 Å². The number of carbonyl (C=O) groups is 2. The molecule has 1 fully saturated rings. The number of fused-ring (bicyclic) bond motifs is 2. The highest BCUT2D eigenvalue weighted by atomic mass is 32.2. The smallest absolute Gasteiger partial charge is 0.268 e. The van der Waals surface area contributed by atoms with Gasteiger partial charge in [-0.05, 0) is 36.4 Å². The minimum atomic E-state index is -1.29. The normalized spacial score (nSPS) is 19.7. The lowest BCUT2D eigenvalue weighted by atomic mass is 10.0. The molecule has 0 bridgehead atoms. The van der Waals surface area contributed by atoms with Crippen LogP contribution in [0.5, 0.6) is 0 Å². The van der Waals surface area contributed by atoms with Gasteiger partial charge in [0.25, 0.3) is 11.8 Å². The summed E-state index contributed by atoms with van der Waals surface area (Å²) in [6, 6.07) is 15.5. The van der Waals surface area contributed by atoms with Crippen molar-refractivity contribution in [2.45, 2.75) is 11.4 Å². The molecule has 0 aliphatic carbocycles. The summed E-state index contributed by atoms with van der Waals surface area (Å²) in [5.41, 5.74) is 1.67. The summed E-state index contributed by atoms with van der Waals surface area (Å²) in [6.07, 6.45) is 0. The highest BCUT2D eigenvalue weighted by molar-refractivity contribution is 8.01. The van der Waals surface area contributed by atoms with E-state index < -0.39 is 22.3 Å². The molecule has 1 saturated heterocycles. The van der Waals surface area contributed by atoms with E-state index in [1.165, 1.54) is 51.9 Å². The highest BCUT2D eigenvalue weighted by Gasteiger charge is 2.59. The second kappa shape index (κ2) is 7.70. The van der Waals surface area contributed by atoms with Crippen molar-refractivity contribution in [2.75, 3.05) is 17.2 Å². The van der Waals surface area contributed by atoms with Crippen LogP contribution in [0.1, 0.15) is 21.5 Å². The zero-order valence-electron chi connectivity index (χ0n) is 16.7. The fourth-order valence-corrected chi connectivity index (χ4v) is 5.75. The monoisotopic (exact) mass is 454 g/mol. The summed E-state index contributed by atoms with van der Waals surface area (Å²) in [6.45, 7) is 0.239. The zero-order valence-corrected chi connectivity index (χ0v) is 17.5. The molecule has 2 aliphatic rings. The van der Waals surface area contributed by atoms with E-state index in [0.717, 1.165) is 12.1 Å². The first-order chi connectivity index (χ1) is 15.4. The minimum Gasteiger partial charge on any atom is -0.311 e. The molecule has 1 spiro atoms. The van der Waals surface area contributed by atoms with Crippen molar-refractivity contribution in [3.63, 3.8) is 0 Å². The molecule has 0 aromatic heterocycles. The Balaban J connectivity index is 1.57. The summed E-state index contributed by atoms with van der Waals surface area (Å²) in [7, 11) is 0. The van der Waals surface area contributed by atoms with Gasteiger partial charge in [0.1, 0.15) is 17.5 Å². The lowest BCUT2D eigenvalue weighted by Crippen LogP contribution is -2.50. The summed E-state index contributed by atoms with van der Waals surface area (Å²) in [4.78, 5) is 28.8. The van der Waals surface area contributed by atoms with Crippen molar-refractivity contribution in [3.8, 4) is 0 Å². The van der Waals surface area contributed by atoms with E-state index in [1.54, 1.807) is 24.3 Å². The summed E-state index contributed by atoms with van der Waals surface area (Å²) in [5, 5.41) is 0. The van der Waals surface area contributed by atoms with E-state index in [4.69, 9.17) is 0 Å². The zero-order chi connectivity index (χ0) is 22.5. The molecule has 4 nitrogen and oxygen atoms in total. The molecule has 32 heavy (non-hydrogen) atoms. The number of carbonyl (C=O) groups excluding carboxylic acids is 2. The predicted molar refractivity (Wildman–Crippen MR) is 116 cm³/mol. The van der Waals surface area contributed by atoms with E-state index in [9.17, 15) is 22.8 Å². The third kappa shape index (κ3) is 3.09. The van der Waals surface area contributed by atoms with Gasteiger partial charge < -0.3 is 9.80 Å². The average Bonchev–Trinajstić information content (AvgIpc) is 3.33. The lowest BCUT2D eigenvalue weighted by molar-refractivity contribution is -0.123. The summed E-state index contributed by atoms with van der Waals surface area (Å²) < 4.78 is 41.1. The van der Waals surface area contributed by atoms with Gasteiger partial charge >= 0.3 is 0 Å². The van der Waals surface area contributed by atoms with Crippen molar-refractivity contribution in [1.29, 1.82) is 0 Å². The number of halogens is 3. The van der Waals surface area contributed by atoms with Gasteiger partial charge in [-0.1, -0.05) is 24.3 Å². The van der Waals surface area contributed by atoms with E-state index in [0.29, 0.717) is 23.5 Å². The van der Waals surface area contributed by atoms with Gasteiger partial charge in [0.2, 0.25) is 0 Å². The molecule has 2 amide bonds. The van der Waals surface area contributed by atoms with Crippen molar-refractivity contribution in [1.82, 2.24) is 4.90 Å². The molecule has 1 atom stereocenters. The van der Waals surface area contributed by atoms with Gasteiger partial charge in [-0.3, -0.25) is 9.59 Å². The van der Waals surface area contributed by atoms with E-state index >= 15 is 0 Å². The Kier molecular flexibility index (Phi) is 4.97. The van der Waals surface area contributed by atoms with Gasteiger partial charge in [0.15, 0.2) is 4.87 Å².